The number of benzene rings is 1. The zero-order valence-corrected chi connectivity index (χ0v) is 10.5. The molecule has 110 valence electrons. The molecule has 1 atom stereocenters. The van der Waals surface area contributed by atoms with Gasteiger partial charge in [-0.2, -0.15) is 13.2 Å². The molecule has 0 aromatic heterocycles. The minimum atomic E-state index is -4.75. The summed E-state index contributed by atoms with van der Waals surface area (Å²) in [6.45, 7) is 2.89. The molecule has 7 heteroatoms. The summed E-state index contributed by atoms with van der Waals surface area (Å²) in [7, 11) is 0. The van der Waals surface area contributed by atoms with Crippen LogP contribution in [0.25, 0.3) is 0 Å². The Morgan fingerprint density at radius 3 is 2.50 bits per heavy atom. The number of halogens is 3. The number of carbonyl (C=O) groups is 1. The highest BCUT2D eigenvalue weighted by Crippen LogP contribution is 2.19. The number of rotatable bonds is 6. The molecule has 0 saturated heterocycles. The number of aliphatic hydroxyl groups excluding tert-OH is 1. The summed E-state index contributed by atoms with van der Waals surface area (Å²) in [4.78, 5) is 11.6. The van der Waals surface area contributed by atoms with Crippen LogP contribution in [0.3, 0.4) is 0 Å². The van der Waals surface area contributed by atoms with Crippen molar-refractivity contribution in [1.82, 2.24) is 5.32 Å². The first-order valence-corrected chi connectivity index (χ1v) is 5.71. The lowest BCUT2D eigenvalue weighted by atomic mass is 10.2. The maximum absolute atomic E-state index is 12.0. The van der Waals surface area contributed by atoms with E-state index in [0.717, 1.165) is 0 Å². The zero-order chi connectivity index (χ0) is 15.2. The smallest absolute Gasteiger partial charge is 0.416 e. The summed E-state index contributed by atoms with van der Waals surface area (Å²) in [5.74, 6) is -0.194. The largest absolute Gasteiger partial charge is 0.490 e. The van der Waals surface area contributed by atoms with Crippen LogP contribution in [0.15, 0.2) is 36.9 Å². The van der Waals surface area contributed by atoms with Gasteiger partial charge in [-0.1, -0.05) is 12.7 Å². The predicted octanol–water partition coefficient (Wildman–Crippen LogP) is 1.90. The van der Waals surface area contributed by atoms with Gasteiger partial charge in [0, 0.05) is 5.56 Å². The normalized spacial score (nSPS) is 12.6. The molecule has 0 fully saturated rings. The van der Waals surface area contributed by atoms with E-state index in [4.69, 9.17) is 9.84 Å². The third-order valence-corrected chi connectivity index (χ3v) is 2.32. The maximum Gasteiger partial charge on any atom is 0.416 e. The minimum absolute atomic E-state index is 0.172. The Bertz CT molecular complexity index is 457. The quantitative estimate of drug-likeness (QED) is 0.786. The van der Waals surface area contributed by atoms with Gasteiger partial charge in [0.25, 0.3) is 5.91 Å². The predicted molar refractivity (Wildman–Crippen MR) is 66.5 cm³/mol. The first-order chi connectivity index (χ1) is 9.34. The van der Waals surface area contributed by atoms with E-state index in [1.54, 1.807) is 6.08 Å². The summed E-state index contributed by atoms with van der Waals surface area (Å²) < 4.78 is 41.3. The number of alkyl halides is 3. The van der Waals surface area contributed by atoms with Gasteiger partial charge in [-0.25, -0.2) is 0 Å². The average molecular weight is 289 g/mol. The standard InChI is InChI=1S/C13H14F3NO3/c1-2-7-20-10-5-3-9(4-6-10)12(19)17-8-11(18)13(14,15)16/h2-6,11,18H,1,7-8H2,(H,17,19). The Morgan fingerprint density at radius 1 is 1.40 bits per heavy atom. The van der Waals surface area contributed by atoms with Crippen molar-refractivity contribution in [2.24, 2.45) is 0 Å². The number of hydrogen-bond donors (Lipinski definition) is 2. The van der Waals surface area contributed by atoms with E-state index in [9.17, 15) is 18.0 Å². The van der Waals surface area contributed by atoms with Gasteiger partial charge in [0.2, 0.25) is 0 Å². The summed E-state index contributed by atoms with van der Waals surface area (Å²) in [6, 6.07) is 5.85. The molecule has 1 unspecified atom stereocenters. The van der Waals surface area contributed by atoms with Gasteiger partial charge >= 0.3 is 6.18 Å². The van der Waals surface area contributed by atoms with Crippen LogP contribution in [0.2, 0.25) is 0 Å². The van der Waals surface area contributed by atoms with Gasteiger partial charge < -0.3 is 15.2 Å². The van der Waals surface area contributed by atoms with E-state index in [0.29, 0.717) is 12.4 Å². The minimum Gasteiger partial charge on any atom is -0.490 e. The van der Waals surface area contributed by atoms with Crippen LogP contribution in [0.4, 0.5) is 13.2 Å². The van der Waals surface area contributed by atoms with Crippen LogP contribution in [-0.2, 0) is 0 Å². The van der Waals surface area contributed by atoms with Crippen molar-refractivity contribution in [3.8, 4) is 5.75 Å². The Labute approximate surface area is 113 Å². The molecule has 1 amide bonds. The van der Waals surface area contributed by atoms with Crippen molar-refractivity contribution in [2.45, 2.75) is 12.3 Å². The Morgan fingerprint density at radius 2 is 2.00 bits per heavy atom. The molecule has 1 aromatic carbocycles. The molecule has 0 aliphatic rings. The Kier molecular flexibility index (Phi) is 5.57. The van der Waals surface area contributed by atoms with Gasteiger partial charge in [0.15, 0.2) is 6.10 Å². The van der Waals surface area contributed by atoms with Crippen LogP contribution in [0, 0.1) is 0 Å². The fourth-order valence-electron chi connectivity index (χ4n) is 1.26. The number of amides is 1. The lowest BCUT2D eigenvalue weighted by Crippen LogP contribution is -2.40. The second-order valence-electron chi connectivity index (χ2n) is 3.89. The molecular weight excluding hydrogens is 275 g/mol. The Balaban J connectivity index is 2.53. The van der Waals surface area contributed by atoms with Crippen molar-refractivity contribution in [3.05, 3.63) is 42.5 Å². The third-order valence-electron chi connectivity index (χ3n) is 2.32. The van der Waals surface area contributed by atoms with E-state index in [1.807, 2.05) is 5.32 Å². The molecule has 1 aromatic rings. The van der Waals surface area contributed by atoms with Crippen LogP contribution in [0.1, 0.15) is 10.4 Å². The van der Waals surface area contributed by atoms with Gasteiger partial charge in [0.05, 0.1) is 6.54 Å². The summed E-state index contributed by atoms with van der Waals surface area (Å²) in [5, 5.41) is 10.8. The van der Waals surface area contributed by atoms with Gasteiger partial charge in [-0.05, 0) is 24.3 Å². The van der Waals surface area contributed by atoms with Crippen molar-refractivity contribution < 1.29 is 27.8 Å². The lowest BCUT2D eigenvalue weighted by Gasteiger charge is -2.15. The summed E-state index contributed by atoms with van der Waals surface area (Å²) in [6.07, 6.45) is -5.78. The molecule has 2 N–H and O–H groups in total. The van der Waals surface area contributed by atoms with Crippen molar-refractivity contribution in [3.63, 3.8) is 0 Å². The van der Waals surface area contributed by atoms with Crippen molar-refractivity contribution >= 4 is 5.91 Å². The first kappa shape index (κ1) is 16.0. The molecule has 0 spiro atoms. The number of nitrogens with one attached hydrogen (secondary N) is 1. The number of aliphatic hydroxyl groups is 1. The average Bonchev–Trinajstić information content (AvgIpc) is 2.41. The highest BCUT2D eigenvalue weighted by Gasteiger charge is 2.38. The van der Waals surface area contributed by atoms with Gasteiger partial charge in [-0.3, -0.25) is 4.79 Å². The molecule has 0 aliphatic carbocycles. The second kappa shape index (κ2) is 6.95. The Hall–Kier alpha value is -2.02. The molecule has 0 bridgehead atoms. The van der Waals surface area contributed by atoms with Crippen LogP contribution >= 0.6 is 0 Å². The summed E-state index contributed by atoms with van der Waals surface area (Å²) in [5.41, 5.74) is 0.172. The van der Waals surface area contributed by atoms with E-state index in [2.05, 4.69) is 6.58 Å². The van der Waals surface area contributed by atoms with Crippen LogP contribution in [0.5, 0.6) is 5.75 Å². The maximum atomic E-state index is 12.0. The third kappa shape index (κ3) is 4.93. The molecule has 0 saturated carbocycles. The molecule has 20 heavy (non-hydrogen) atoms. The van der Waals surface area contributed by atoms with E-state index >= 15 is 0 Å². The van der Waals surface area contributed by atoms with Crippen molar-refractivity contribution in [1.29, 1.82) is 0 Å². The summed E-state index contributed by atoms with van der Waals surface area (Å²) >= 11 is 0. The van der Waals surface area contributed by atoms with Crippen LogP contribution in [-0.4, -0.2) is 36.4 Å². The number of ether oxygens (including phenoxy) is 1. The molecule has 4 nitrogen and oxygen atoms in total. The number of hydrogen-bond acceptors (Lipinski definition) is 3. The molecular formula is C13H14F3NO3. The molecule has 1 rings (SSSR count). The highest BCUT2D eigenvalue weighted by atomic mass is 19.4. The molecule has 0 radical (unpaired) electrons. The first-order valence-electron chi connectivity index (χ1n) is 5.71. The van der Waals surface area contributed by atoms with Gasteiger partial charge in [-0.15, -0.1) is 0 Å². The molecule has 0 heterocycles. The van der Waals surface area contributed by atoms with Gasteiger partial charge in [0.1, 0.15) is 12.4 Å². The van der Waals surface area contributed by atoms with E-state index < -0.39 is 24.7 Å². The fraction of sp³-hybridized carbons (Fsp3) is 0.308. The van der Waals surface area contributed by atoms with Crippen molar-refractivity contribution in [2.75, 3.05) is 13.2 Å². The highest BCUT2D eigenvalue weighted by molar-refractivity contribution is 5.94. The van der Waals surface area contributed by atoms with E-state index in [-0.39, 0.29) is 5.56 Å². The topological polar surface area (TPSA) is 58.6 Å². The fourth-order valence-corrected chi connectivity index (χ4v) is 1.26. The number of carbonyl (C=O) groups excluding carboxylic acids is 1. The molecule has 0 aliphatic heterocycles. The lowest BCUT2D eigenvalue weighted by molar-refractivity contribution is -0.201. The monoisotopic (exact) mass is 289 g/mol. The second-order valence-corrected chi connectivity index (χ2v) is 3.89. The SMILES string of the molecule is C=CCOc1ccc(C(=O)NCC(O)C(F)(F)F)cc1. The van der Waals surface area contributed by atoms with Crippen LogP contribution < -0.4 is 10.1 Å². The zero-order valence-electron chi connectivity index (χ0n) is 10.5. The van der Waals surface area contributed by atoms with E-state index in [1.165, 1.54) is 24.3 Å².